The highest BCUT2D eigenvalue weighted by Crippen LogP contribution is 2.40. The van der Waals surface area contributed by atoms with Crippen LogP contribution >= 0.6 is 0 Å². The van der Waals surface area contributed by atoms with Crippen LogP contribution < -0.4 is 9.47 Å². The predicted octanol–water partition coefficient (Wildman–Crippen LogP) is 3.97. The molecule has 0 fully saturated rings. The molecule has 1 atom stereocenters. The van der Waals surface area contributed by atoms with Gasteiger partial charge in [-0.2, -0.15) is 4.31 Å². The van der Waals surface area contributed by atoms with E-state index in [0.29, 0.717) is 17.9 Å². The van der Waals surface area contributed by atoms with Crippen LogP contribution in [0.5, 0.6) is 11.5 Å². The third-order valence-corrected chi connectivity index (χ3v) is 7.42. The summed E-state index contributed by atoms with van der Waals surface area (Å²) in [4.78, 5) is 10.5. The highest BCUT2D eigenvalue weighted by Gasteiger charge is 2.38. The largest absolute Gasteiger partial charge is 0.454 e. The summed E-state index contributed by atoms with van der Waals surface area (Å²) in [6, 6.07) is 10.4. The van der Waals surface area contributed by atoms with Gasteiger partial charge in [-0.05, 0) is 55.5 Å². The Hall–Kier alpha value is -3.35. The number of rotatable bonds is 6. The van der Waals surface area contributed by atoms with Gasteiger partial charge in [0.15, 0.2) is 16.4 Å². The van der Waals surface area contributed by atoms with E-state index in [1.807, 2.05) is 18.2 Å². The molecule has 0 bridgehead atoms. The van der Waals surface area contributed by atoms with Crippen LogP contribution in [-0.2, 0) is 10.0 Å². The van der Waals surface area contributed by atoms with Gasteiger partial charge in [-0.25, -0.2) is 8.42 Å². The zero-order valence-corrected chi connectivity index (χ0v) is 18.3. The Morgan fingerprint density at radius 2 is 1.97 bits per heavy atom. The van der Waals surface area contributed by atoms with Crippen molar-refractivity contribution in [3.05, 3.63) is 64.2 Å². The molecule has 2 aliphatic rings. The minimum absolute atomic E-state index is 0.0720. The van der Waals surface area contributed by atoms with Gasteiger partial charge in [0, 0.05) is 6.07 Å². The third kappa shape index (κ3) is 4.07. The fourth-order valence-corrected chi connectivity index (χ4v) is 5.72. The number of nitro groups is 1. The van der Waals surface area contributed by atoms with Crippen molar-refractivity contribution in [3.63, 3.8) is 0 Å². The lowest BCUT2D eigenvalue weighted by molar-refractivity contribution is -0.387. The Balaban J connectivity index is 1.80. The maximum absolute atomic E-state index is 13.7. The van der Waals surface area contributed by atoms with Crippen molar-refractivity contribution in [1.82, 2.24) is 4.31 Å². The van der Waals surface area contributed by atoms with Crippen LogP contribution in [0.3, 0.4) is 0 Å². The van der Waals surface area contributed by atoms with Gasteiger partial charge in [-0.15, -0.1) is 5.92 Å². The quantitative estimate of drug-likeness (QED) is 0.372. The van der Waals surface area contributed by atoms with E-state index < -0.39 is 26.7 Å². The lowest BCUT2D eigenvalue weighted by atomic mass is 9.89. The monoisotopic (exact) mass is 454 g/mol. The minimum Gasteiger partial charge on any atom is -0.454 e. The number of ether oxygens (including phenoxy) is 2. The van der Waals surface area contributed by atoms with Crippen molar-refractivity contribution in [1.29, 1.82) is 0 Å². The molecule has 166 valence electrons. The van der Waals surface area contributed by atoms with E-state index in [4.69, 9.17) is 9.47 Å². The van der Waals surface area contributed by atoms with Crippen LogP contribution in [0, 0.1) is 22.0 Å². The van der Waals surface area contributed by atoms with Crippen molar-refractivity contribution in [2.45, 2.75) is 37.1 Å². The Labute approximate surface area is 186 Å². The highest BCUT2D eigenvalue weighted by molar-refractivity contribution is 7.89. The molecule has 2 aromatic rings. The molecule has 1 heterocycles. The van der Waals surface area contributed by atoms with Gasteiger partial charge in [0.05, 0.1) is 17.5 Å². The zero-order chi connectivity index (χ0) is 22.7. The number of hydrogen-bond donors (Lipinski definition) is 0. The number of hydrogen-bond acceptors (Lipinski definition) is 6. The number of allylic oxidation sites excluding steroid dienone is 1. The van der Waals surface area contributed by atoms with Crippen LogP contribution in [0.25, 0.3) is 5.57 Å². The molecule has 0 radical (unpaired) electrons. The molecule has 0 N–H and O–H groups in total. The minimum atomic E-state index is -4.21. The molecule has 8 nitrogen and oxygen atoms in total. The summed E-state index contributed by atoms with van der Waals surface area (Å²) in [5.41, 5.74) is 1.20. The van der Waals surface area contributed by atoms with E-state index in [2.05, 4.69) is 11.8 Å². The molecule has 0 spiro atoms. The SMILES string of the molecule is CC#CCN(C1CCCC=C1c1ccc2c(c1)OCO2)S(=O)(=O)c1ccccc1[N+](=O)[O-]. The molecular formula is C23H22N2O6S. The zero-order valence-electron chi connectivity index (χ0n) is 17.5. The molecule has 0 saturated heterocycles. The molecule has 1 unspecified atom stereocenters. The molecule has 1 aliphatic heterocycles. The summed E-state index contributed by atoms with van der Waals surface area (Å²) in [5.74, 6) is 6.83. The van der Waals surface area contributed by atoms with Crippen molar-refractivity contribution >= 4 is 21.3 Å². The first kappa shape index (κ1) is 21.9. The summed E-state index contributed by atoms with van der Waals surface area (Å²) >= 11 is 0. The van der Waals surface area contributed by atoms with E-state index in [-0.39, 0.29) is 18.2 Å². The number of fused-ring (bicyclic) bond motifs is 1. The third-order valence-electron chi connectivity index (χ3n) is 5.52. The van der Waals surface area contributed by atoms with E-state index in [1.54, 1.807) is 13.0 Å². The van der Waals surface area contributed by atoms with E-state index >= 15 is 0 Å². The van der Waals surface area contributed by atoms with Gasteiger partial charge in [0.25, 0.3) is 15.7 Å². The van der Waals surface area contributed by atoms with Crippen molar-refractivity contribution in [2.75, 3.05) is 13.3 Å². The van der Waals surface area contributed by atoms with E-state index in [1.165, 1.54) is 28.6 Å². The highest BCUT2D eigenvalue weighted by atomic mass is 32.2. The first-order chi connectivity index (χ1) is 15.4. The molecule has 0 aromatic heterocycles. The van der Waals surface area contributed by atoms with Gasteiger partial charge in [0.2, 0.25) is 6.79 Å². The molecule has 2 aromatic carbocycles. The molecule has 0 saturated carbocycles. The normalized spacial score (nSPS) is 17.4. The summed E-state index contributed by atoms with van der Waals surface area (Å²) in [6.07, 6.45) is 4.19. The lowest BCUT2D eigenvalue weighted by Gasteiger charge is -2.33. The van der Waals surface area contributed by atoms with Crippen molar-refractivity contribution in [3.8, 4) is 23.3 Å². The molecular weight excluding hydrogens is 432 g/mol. The van der Waals surface area contributed by atoms with Crippen LogP contribution in [-0.4, -0.2) is 37.0 Å². The number of sulfonamides is 1. The van der Waals surface area contributed by atoms with Gasteiger partial charge >= 0.3 is 0 Å². The number of benzene rings is 2. The average molecular weight is 455 g/mol. The number of para-hydroxylation sites is 1. The average Bonchev–Trinajstić information content (AvgIpc) is 3.27. The molecule has 0 amide bonds. The number of nitrogens with zero attached hydrogens (tertiary/aromatic N) is 2. The topological polar surface area (TPSA) is 99.0 Å². The van der Waals surface area contributed by atoms with Crippen LogP contribution in [0.15, 0.2) is 53.4 Å². The first-order valence-corrected chi connectivity index (χ1v) is 11.6. The second-order valence-electron chi connectivity index (χ2n) is 7.38. The number of nitro benzene ring substituents is 1. The van der Waals surface area contributed by atoms with Crippen LogP contribution in [0.4, 0.5) is 5.69 Å². The van der Waals surface area contributed by atoms with Crippen molar-refractivity contribution < 1.29 is 22.8 Å². The van der Waals surface area contributed by atoms with Gasteiger partial charge in [0.1, 0.15) is 0 Å². The summed E-state index contributed by atoms with van der Waals surface area (Å²) in [6.45, 7) is 1.70. The predicted molar refractivity (Wildman–Crippen MR) is 119 cm³/mol. The fraction of sp³-hybridized carbons (Fsp3) is 0.304. The second kappa shape index (κ2) is 9.02. The van der Waals surface area contributed by atoms with Gasteiger partial charge in [-0.3, -0.25) is 10.1 Å². The molecule has 4 rings (SSSR count). The standard InChI is InChI=1S/C23H22N2O6S/c1-2-3-14-24(32(28,29)23-11-7-6-10-20(23)25(26)27)19-9-5-4-8-18(19)17-12-13-21-22(15-17)31-16-30-21/h6-8,10-13,15,19H,4-5,9,14,16H2,1H3. The van der Waals surface area contributed by atoms with Gasteiger partial charge < -0.3 is 9.47 Å². The molecule has 32 heavy (non-hydrogen) atoms. The fourth-order valence-electron chi connectivity index (χ4n) is 4.02. The molecule has 9 heteroatoms. The summed E-state index contributed by atoms with van der Waals surface area (Å²) in [5, 5.41) is 11.5. The van der Waals surface area contributed by atoms with Crippen LogP contribution in [0.2, 0.25) is 0 Å². The Morgan fingerprint density at radius 1 is 1.19 bits per heavy atom. The van der Waals surface area contributed by atoms with Crippen LogP contribution in [0.1, 0.15) is 31.7 Å². The second-order valence-corrected chi connectivity index (χ2v) is 9.24. The Bertz CT molecular complexity index is 1240. The lowest BCUT2D eigenvalue weighted by Crippen LogP contribution is -2.42. The Morgan fingerprint density at radius 3 is 2.75 bits per heavy atom. The summed E-state index contributed by atoms with van der Waals surface area (Å²) in [7, 11) is -4.21. The maximum atomic E-state index is 13.7. The molecule has 1 aliphatic carbocycles. The summed E-state index contributed by atoms with van der Waals surface area (Å²) < 4.78 is 39.6. The van der Waals surface area contributed by atoms with E-state index in [9.17, 15) is 18.5 Å². The van der Waals surface area contributed by atoms with Crippen molar-refractivity contribution in [2.24, 2.45) is 0 Å². The Kier molecular flexibility index (Phi) is 6.17. The van der Waals surface area contributed by atoms with E-state index in [0.717, 1.165) is 24.0 Å². The first-order valence-electron chi connectivity index (χ1n) is 10.2. The maximum Gasteiger partial charge on any atom is 0.289 e. The smallest absolute Gasteiger partial charge is 0.289 e. The van der Waals surface area contributed by atoms with Gasteiger partial charge in [-0.1, -0.05) is 30.2 Å².